The van der Waals surface area contributed by atoms with Crippen LogP contribution < -0.4 is 5.32 Å². The highest BCUT2D eigenvalue weighted by molar-refractivity contribution is 5.86. The molecule has 10 heavy (non-hydrogen) atoms. The van der Waals surface area contributed by atoms with Gasteiger partial charge in [-0.05, 0) is 10.2 Å². The topological polar surface area (TPSA) is 89.8 Å². The molecule has 0 spiro atoms. The Hall–Kier alpha value is -1.43. The van der Waals surface area contributed by atoms with Crippen molar-refractivity contribution in [3.8, 4) is 0 Å². The first-order valence-corrected chi connectivity index (χ1v) is 2.48. The van der Waals surface area contributed by atoms with Crippen LogP contribution in [0.3, 0.4) is 0 Å². The summed E-state index contributed by atoms with van der Waals surface area (Å²) in [5.74, 6) is -0.254. The minimum Gasteiger partial charge on any atom is -0.386 e. The Morgan fingerprint density at radius 3 is 2.80 bits per heavy atom. The van der Waals surface area contributed by atoms with Crippen LogP contribution in [0.4, 0.5) is 0 Å². The van der Waals surface area contributed by atoms with Gasteiger partial charge in [0, 0.05) is 0 Å². The van der Waals surface area contributed by atoms with E-state index in [-0.39, 0.29) is 18.3 Å². The number of aliphatic hydroxyl groups is 1. The van der Waals surface area contributed by atoms with Crippen LogP contribution in [-0.4, -0.2) is 22.5 Å². The summed E-state index contributed by atoms with van der Waals surface area (Å²) in [7, 11) is 0. The summed E-state index contributed by atoms with van der Waals surface area (Å²) in [4.78, 5) is 12.7. The van der Waals surface area contributed by atoms with E-state index in [2.05, 4.69) is 10.3 Å². The maximum absolute atomic E-state index is 9.95. The molecule has 0 amide bonds. The maximum atomic E-state index is 9.95. The van der Waals surface area contributed by atoms with Crippen LogP contribution in [0, 0.1) is 10.1 Å². The molecule has 0 aliphatic carbocycles. The zero-order valence-electron chi connectivity index (χ0n) is 4.89. The first-order valence-electron chi connectivity index (χ1n) is 2.48. The van der Waals surface area contributed by atoms with Gasteiger partial charge in [0.2, 0.25) is 0 Å². The Bertz CT molecular complexity index is 220. The van der Waals surface area contributed by atoms with Gasteiger partial charge in [-0.3, -0.25) is 0 Å². The molecular formula is C4H4N3O3. The fourth-order valence-electron chi connectivity index (χ4n) is 0.486. The fraction of sp³-hybridized carbons (Fsp3) is 0.250. The van der Waals surface area contributed by atoms with Crippen molar-refractivity contribution in [3.63, 3.8) is 0 Å². The summed E-state index contributed by atoms with van der Waals surface area (Å²) in [5, 5.41) is 21.7. The van der Waals surface area contributed by atoms with E-state index >= 15 is 0 Å². The van der Waals surface area contributed by atoms with E-state index in [1.807, 2.05) is 0 Å². The molecule has 6 nitrogen and oxygen atoms in total. The molecule has 53 valence electrons. The summed E-state index contributed by atoms with van der Waals surface area (Å²) in [6, 6.07) is 0. The summed E-state index contributed by atoms with van der Waals surface area (Å²) >= 11 is 0. The molecule has 1 heterocycles. The van der Waals surface area contributed by atoms with Crippen molar-refractivity contribution >= 4 is 5.84 Å². The lowest BCUT2D eigenvalue weighted by Gasteiger charge is -1.88. The Balaban J connectivity index is 2.56. The highest BCUT2D eigenvalue weighted by Crippen LogP contribution is 2.00. The molecule has 0 aromatic carbocycles. The van der Waals surface area contributed by atoms with Crippen molar-refractivity contribution in [3.05, 3.63) is 22.1 Å². The molecular weight excluding hydrogens is 138 g/mol. The number of amidine groups is 1. The molecule has 0 aromatic heterocycles. The number of aliphatic hydroxyl groups excluding tert-OH is 1. The highest BCUT2D eigenvalue weighted by Gasteiger charge is 2.22. The second-order valence-corrected chi connectivity index (χ2v) is 1.56. The van der Waals surface area contributed by atoms with Gasteiger partial charge in [-0.2, -0.15) is 0 Å². The van der Waals surface area contributed by atoms with Crippen LogP contribution in [0.5, 0.6) is 0 Å². The number of nitro groups is 1. The monoisotopic (exact) mass is 142 g/mol. The van der Waals surface area contributed by atoms with E-state index in [0.717, 1.165) is 6.20 Å². The lowest BCUT2D eigenvalue weighted by molar-refractivity contribution is -0.429. The summed E-state index contributed by atoms with van der Waals surface area (Å²) in [6.45, 7) is -0.367. The molecule has 1 aliphatic rings. The van der Waals surface area contributed by atoms with E-state index in [1.54, 1.807) is 0 Å². The lowest BCUT2D eigenvalue weighted by Crippen LogP contribution is -2.18. The van der Waals surface area contributed by atoms with E-state index in [9.17, 15) is 10.1 Å². The molecule has 1 rings (SSSR count). The molecule has 0 bridgehead atoms. The Morgan fingerprint density at radius 2 is 2.50 bits per heavy atom. The zero-order chi connectivity index (χ0) is 7.56. The first kappa shape index (κ1) is 6.69. The third-order valence-electron chi connectivity index (χ3n) is 0.901. The molecule has 0 atom stereocenters. The predicted octanol–water partition coefficient (Wildman–Crippen LogP) is -0.929. The normalized spacial score (nSPS) is 15.7. The van der Waals surface area contributed by atoms with Crippen molar-refractivity contribution < 1.29 is 10.0 Å². The number of aliphatic imine (C=N–C) groups is 1. The van der Waals surface area contributed by atoms with Crippen LogP contribution >= 0.6 is 0 Å². The predicted molar refractivity (Wildman–Crippen MR) is 31.7 cm³/mol. The van der Waals surface area contributed by atoms with E-state index in [0.29, 0.717) is 0 Å². The van der Waals surface area contributed by atoms with Gasteiger partial charge < -0.3 is 15.2 Å². The average molecular weight is 142 g/mol. The third kappa shape index (κ3) is 1.11. The van der Waals surface area contributed by atoms with Crippen LogP contribution in [-0.2, 0) is 0 Å². The van der Waals surface area contributed by atoms with Crippen LogP contribution in [0.1, 0.15) is 0 Å². The van der Waals surface area contributed by atoms with E-state index in [4.69, 9.17) is 5.11 Å². The number of rotatable bonds is 2. The van der Waals surface area contributed by atoms with Crippen molar-refractivity contribution in [1.29, 1.82) is 0 Å². The van der Waals surface area contributed by atoms with Crippen LogP contribution in [0.15, 0.2) is 17.0 Å². The van der Waals surface area contributed by atoms with Gasteiger partial charge in [-0.25, -0.2) is 4.99 Å². The zero-order valence-corrected chi connectivity index (χ0v) is 4.89. The summed E-state index contributed by atoms with van der Waals surface area (Å²) in [5.41, 5.74) is 0. The van der Waals surface area contributed by atoms with Crippen LogP contribution in [0.2, 0.25) is 0 Å². The SMILES string of the molecule is O=[N+]([O-])C1=CN=C(CO)[N]1. The highest BCUT2D eigenvalue weighted by atomic mass is 16.6. The molecule has 6 heteroatoms. The van der Waals surface area contributed by atoms with Crippen molar-refractivity contribution in [2.75, 3.05) is 6.61 Å². The van der Waals surface area contributed by atoms with E-state index < -0.39 is 4.92 Å². The van der Waals surface area contributed by atoms with Gasteiger partial charge in [0.05, 0.1) is 0 Å². The minimum absolute atomic E-state index is 0.0756. The summed E-state index contributed by atoms with van der Waals surface area (Å²) in [6.07, 6.45) is 1.01. The standard InChI is InChI=1S/C4H4N3O3/c8-2-3-5-1-4(6-3)7(9)10/h1,8H,2H2. The summed E-state index contributed by atoms with van der Waals surface area (Å²) < 4.78 is 0. The molecule has 1 aliphatic heterocycles. The Morgan fingerprint density at radius 1 is 1.80 bits per heavy atom. The van der Waals surface area contributed by atoms with Crippen molar-refractivity contribution in [2.45, 2.75) is 0 Å². The average Bonchev–Trinajstić information content (AvgIpc) is 2.34. The molecule has 1 N–H and O–H groups in total. The Labute approximate surface area is 56.0 Å². The number of hydrogen-bond donors (Lipinski definition) is 1. The van der Waals surface area contributed by atoms with Gasteiger partial charge in [0.25, 0.3) is 5.84 Å². The van der Waals surface area contributed by atoms with Gasteiger partial charge in [-0.1, -0.05) is 0 Å². The molecule has 0 saturated heterocycles. The minimum atomic E-state index is -0.661. The van der Waals surface area contributed by atoms with Gasteiger partial charge in [0.15, 0.2) is 0 Å². The van der Waals surface area contributed by atoms with Gasteiger partial charge >= 0.3 is 5.82 Å². The molecule has 0 fully saturated rings. The smallest absolute Gasteiger partial charge is 0.384 e. The quantitative estimate of drug-likeness (QED) is 0.399. The molecule has 0 unspecified atom stereocenters. The van der Waals surface area contributed by atoms with Crippen LogP contribution in [0.25, 0.3) is 0 Å². The van der Waals surface area contributed by atoms with Gasteiger partial charge in [-0.15, -0.1) is 0 Å². The number of nitrogens with zero attached hydrogens (tertiary/aromatic N) is 3. The molecule has 1 radical (unpaired) electrons. The second kappa shape index (κ2) is 2.44. The third-order valence-corrected chi connectivity index (χ3v) is 0.901. The lowest BCUT2D eigenvalue weighted by atomic mass is 10.6. The van der Waals surface area contributed by atoms with E-state index in [1.165, 1.54) is 0 Å². The molecule has 0 saturated carbocycles. The maximum Gasteiger partial charge on any atom is 0.384 e. The van der Waals surface area contributed by atoms with Gasteiger partial charge in [0.1, 0.15) is 12.8 Å². The van der Waals surface area contributed by atoms with Crippen molar-refractivity contribution in [1.82, 2.24) is 5.32 Å². The first-order chi connectivity index (χ1) is 4.74. The number of hydrogen-bond acceptors (Lipinski definition) is 4. The Kier molecular flexibility index (Phi) is 1.63. The second-order valence-electron chi connectivity index (χ2n) is 1.56. The van der Waals surface area contributed by atoms with Crippen molar-refractivity contribution in [2.24, 2.45) is 4.99 Å². The fourth-order valence-corrected chi connectivity index (χ4v) is 0.486. The molecule has 0 aromatic rings. The largest absolute Gasteiger partial charge is 0.386 e.